The first-order valence-electron chi connectivity index (χ1n) is 10.9. The maximum atomic E-state index is 13.1. The molecule has 7 heteroatoms. The van der Waals surface area contributed by atoms with E-state index in [2.05, 4.69) is 13.8 Å². The predicted octanol–water partition coefficient (Wildman–Crippen LogP) is 3.24. The molecule has 32 heavy (non-hydrogen) atoms. The number of ether oxygens (including phenoxy) is 4. The van der Waals surface area contributed by atoms with Crippen LogP contribution in [-0.4, -0.2) is 45.3 Å². The van der Waals surface area contributed by atoms with Crippen LogP contribution < -0.4 is 23.8 Å². The molecule has 2 aromatic rings. The van der Waals surface area contributed by atoms with E-state index in [0.29, 0.717) is 46.2 Å². The number of benzene rings is 2. The number of phenols is 1. The summed E-state index contributed by atoms with van der Waals surface area (Å²) in [6, 6.07) is 6.70. The minimum Gasteiger partial charge on any atom is -0.507 e. The van der Waals surface area contributed by atoms with E-state index in [4.69, 9.17) is 18.9 Å². The fourth-order valence-corrected chi connectivity index (χ4v) is 4.06. The Balaban J connectivity index is 1.98. The van der Waals surface area contributed by atoms with Crippen LogP contribution >= 0.6 is 0 Å². The fraction of sp³-hybridized carbons (Fsp3) is 0.400. The van der Waals surface area contributed by atoms with E-state index in [1.165, 1.54) is 26.2 Å². The topological polar surface area (TPSA) is 78.7 Å². The Morgan fingerprint density at radius 2 is 1.62 bits per heavy atom. The van der Waals surface area contributed by atoms with E-state index >= 15 is 0 Å². The lowest BCUT2D eigenvalue weighted by atomic mass is 10.0. The molecule has 0 unspecified atom stereocenters. The lowest BCUT2D eigenvalue weighted by Gasteiger charge is -2.19. The van der Waals surface area contributed by atoms with E-state index < -0.39 is 0 Å². The summed E-state index contributed by atoms with van der Waals surface area (Å²) in [5.41, 5.74) is 1.80. The van der Waals surface area contributed by atoms with Gasteiger partial charge in [-0.25, -0.2) is 0 Å². The number of allylic oxidation sites excluding steroid dienone is 1. The number of rotatable bonds is 10. The third-order valence-electron chi connectivity index (χ3n) is 5.53. The first-order chi connectivity index (χ1) is 15.5. The van der Waals surface area contributed by atoms with Crippen molar-refractivity contribution in [1.29, 1.82) is 0 Å². The largest absolute Gasteiger partial charge is 0.507 e. The first-order valence-corrected chi connectivity index (χ1v) is 10.9. The number of nitrogens with one attached hydrogen (secondary N) is 1. The number of phenolic OH excluding ortho intramolecular Hbond substituents is 1. The molecule has 7 nitrogen and oxygen atoms in total. The summed E-state index contributed by atoms with van der Waals surface area (Å²) in [4.78, 5) is 14.4. The van der Waals surface area contributed by atoms with Crippen molar-refractivity contribution in [3.8, 4) is 28.7 Å². The Morgan fingerprint density at radius 1 is 1.00 bits per heavy atom. The summed E-state index contributed by atoms with van der Waals surface area (Å²) in [5.74, 6) is 2.00. The van der Waals surface area contributed by atoms with Gasteiger partial charge in [0.2, 0.25) is 11.5 Å². The smallest absolute Gasteiger partial charge is 0.231 e. The van der Waals surface area contributed by atoms with Crippen molar-refractivity contribution in [2.24, 2.45) is 0 Å². The molecule has 0 spiro atoms. The first kappa shape index (κ1) is 23.5. The van der Waals surface area contributed by atoms with Crippen molar-refractivity contribution in [2.45, 2.75) is 33.2 Å². The number of ketones is 1. The summed E-state index contributed by atoms with van der Waals surface area (Å²) in [6.07, 6.45) is 3.73. The van der Waals surface area contributed by atoms with Crippen molar-refractivity contribution >= 4 is 11.9 Å². The maximum Gasteiger partial charge on any atom is 0.231 e. The molecule has 0 aromatic heterocycles. The van der Waals surface area contributed by atoms with Crippen LogP contribution in [0.5, 0.6) is 28.7 Å². The van der Waals surface area contributed by atoms with E-state index in [9.17, 15) is 9.90 Å². The van der Waals surface area contributed by atoms with Crippen molar-refractivity contribution in [3.05, 3.63) is 46.7 Å². The van der Waals surface area contributed by atoms with Gasteiger partial charge in [-0.1, -0.05) is 13.8 Å². The van der Waals surface area contributed by atoms with Gasteiger partial charge in [-0.2, -0.15) is 0 Å². The zero-order chi connectivity index (χ0) is 23.3. The highest BCUT2D eigenvalue weighted by Crippen LogP contribution is 2.41. The van der Waals surface area contributed by atoms with Crippen molar-refractivity contribution in [2.75, 3.05) is 34.4 Å². The fourth-order valence-electron chi connectivity index (χ4n) is 4.06. The number of carbonyl (C=O) groups is 1. The van der Waals surface area contributed by atoms with Gasteiger partial charge in [-0.15, -0.1) is 0 Å². The predicted molar refractivity (Wildman–Crippen MR) is 122 cm³/mol. The van der Waals surface area contributed by atoms with Crippen molar-refractivity contribution in [1.82, 2.24) is 0 Å². The summed E-state index contributed by atoms with van der Waals surface area (Å²) in [5, 5.41) is 10.5. The van der Waals surface area contributed by atoms with Crippen LogP contribution in [0.1, 0.15) is 48.2 Å². The molecule has 2 N–H and O–H groups in total. The molecule has 1 heterocycles. The third kappa shape index (κ3) is 4.67. The van der Waals surface area contributed by atoms with E-state index in [1.54, 1.807) is 30.3 Å². The number of hydrogen-bond donors (Lipinski definition) is 2. The number of quaternary nitrogens is 1. The van der Waals surface area contributed by atoms with Gasteiger partial charge < -0.3 is 29.0 Å². The molecule has 172 valence electrons. The lowest BCUT2D eigenvalue weighted by molar-refractivity contribution is -0.914. The van der Waals surface area contributed by atoms with Crippen LogP contribution in [0.2, 0.25) is 0 Å². The van der Waals surface area contributed by atoms with Crippen molar-refractivity contribution in [3.63, 3.8) is 0 Å². The average Bonchev–Trinajstić information content (AvgIpc) is 3.10. The quantitative estimate of drug-likeness (QED) is 0.550. The Bertz CT molecular complexity index is 983. The summed E-state index contributed by atoms with van der Waals surface area (Å²) >= 11 is 0. The second kappa shape index (κ2) is 10.4. The number of Topliss-reactive ketones (excluding diaryl/α,β-unsaturated/α-hetero) is 1. The highest BCUT2D eigenvalue weighted by Gasteiger charge is 2.32. The molecule has 0 atom stereocenters. The van der Waals surface area contributed by atoms with Crippen LogP contribution in [0, 0.1) is 0 Å². The molecular formula is C25H32NO6+. The SMILES string of the molecule is CCC[NH+](CCC)Cc1c(O)ccc2c1O/C(=C\c1cc(OC)c(OC)c(OC)c1)C2=O. The molecule has 0 bridgehead atoms. The Labute approximate surface area is 189 Å². The molecule has 1 aliphatic rings. The van der Waals surface area contributed by atoms with E-state index in [1.807, 2.05) is 0 Å². The van der Waals surface area contributed by atoms with Gasteiger partial charge in [-0.05, 0) is 48.7 Å². The Hall–Kier alpha value is -3.19. The summed E-state index contributed by atoms with van der Waals surface area (Å²) in [7, 11) is 4.61. The highest BCUT2D eigenvalue weighted by molar-refractivity contribution is 6.15. The summed E-state index contributed by atoms with van der Waals surface area (Å²) in [6.45, 7) is 6.85. The molecule has 1 aliphatic heterocycles. The second-order valence-electron chi connectivity index (χ2n) is 7.77. The molecular weight excluding hydrogens is 410 g/mol. The van der Waals surface area contributed by atoms with E-state index in [-0.39, 0.29) is 17.3 Å². The average molecular weight is 443 g/mol. The van der Waals surface area contributed by atoms with Gasteiger partial charge >= 0.3 is 0 Å². The van der Waals surface area contributed by atoms with Crippen molar-refractivity contribution < 1.29 is 33.7 Å². The zero-order valence-corrected chi connectivity index (χ0v) is 19.4. The molecule has 0 radical (unpaired) electrons. The molecule has 3 rings (SSSR count). The second-order valence-corrected chi connectivity index (χ2v) is 7.77. The van der Waals surface area contributed by atoms with E-state index in [0.717, 1.165) is 25.9 Å². The van der Waals surface area contributed by atoms with Crippen LogP contribution in [0.3, 0.4) is 0 Å². The maximum absolute atomic E-state index is 13.1. The number of hydrogen-bond acceptors (Lipinski definition) is 6. The van der Waals surface area contributed by atoms with Gasteiger partial charge in [-0.3, -0.25) is 4.79 Å². The van der Waals surface area contributed by atoms with Crippen LogP contribution in [0.15, 0.2) is 30.0 Å². The molecule has 0 aliphatic carbocycles. The molecule has 0 saturated carbocycles. The van der Waals surface area contributed by atoms with Gasteiger partial charge in [0.05, 0.1) is 45.5 Å². The van der Waals surface area contributed by atoms with Gasteiger partial charge in [0.25, 0.3) is 0 Å². The highest BCUT2D eigenvalue weighted by atomic mass is 16.5. The normalized spacial score (nSPS) is 13.9. The molecule has 0 amide bonds. The Morgan fingerprint density at radius 3 is 2.16 bits per heavy atom. The van der Waals surface area contributed by atoms with Gasteiger partial charge in [0.15, 0.2) is 23.0 Å². The monoisotopic (exact) mass is 442 g/mol. The molecule has 0 fully saturated rings. The zero-order valence-electron chi connectivity index (χ0n) is 19.4. The van der Waals surface area contributed by atoms with Crippen LogP contribution in [0.25, 0.3) is 6.08 Å². The van der Waals surface area contributed by atoms with Gasteiger partial charge in [0.1, 0.15) is 12.3 Å². The lowest BCUT2D eigenvalue weighted by Crippen LogP contribution is -3.10. The minimum atomic E-state index is -0.220. The van der Waals surface area contributed by atoms with Gasteiger partial charge in [0, 0.05) is 0 Å². The number of fused-ring (bicyclic) bond motifs is 1. The number of aromatic hydroxyl groups is 1. The molecule has 2 aromatic carbocycles. The van der Waals surface area contributed by atoms with Crippen LogP contribution in [0.4, 0.5) is 0 Å². The summed E-state index contributed by atoms with van der Waals surface area (Å²) < 4.78 is 22.2. The number of methoxy groups -OCH3 is 3. The Kier molecular flexibility index (Phi) is 7.64. The van der Waals surface area contributed by atoms with Crippen LogP contribution in [-0.2, 0) is 6.54 Å². The standard InChI is InChI=1S/C25H31NO6/c1-6-10-26(11-7-2)15-18-19(27)9-8-17-23(28)20(32-24(17)18)12-16-13-21(29-3)25(31-5)22(14-16)30-4/h8-9,12-14,27H,6-7,10-11,15H2,1-5H3/p+1/b20-12-. The number of carbonyl (C=O) groups excluding carboxylic acids is 1. The molecule has 0 saturated heterocycles. The minimum absolute atomic E-state index is 0.148. The third-order valence-corrected chi connectivity index (χ3v) is 5.53.